The Morgan fingerprint density at radius 3 is 2.60 bits per heavy atom. The fourth-order valence-electron chi connectivity index (χ4n) is 1.56. The Morgan fingerprint density at radius 2 is 2.00 bits per heavy atom. The number of methoxy groups -OCH3 is 1. The van der Waals surface area contributed by atoms with Crippen LogP contribution in [0.3, 0.4) is 0 Å². The van der Waals surface area contributed by atoms with E-state index in [1.165, 1.54) is 7.11 Å². The zero-order valence-corrected chi connectivity index (χ0v) is 12.3. The summed E-state index contributed by atoms with van der Waals surface area (Å²) in [6.07, 6.45) is 1.00. The molecule has 0 amide bonds. The van der Waals surface area contributed by atoms with Crippen LogP contribution in [0.1, 0.15) is 30.6 Å². The zero-order valence-electron chi connectivity index (χ0n) is 12.3. The Labute approximate surface area is 120 Å². The molecule has 20 heavy (non-hydrogen) atoms. The SMILES string of the molecule is COc1ccc(C(=O)OCCOCCC(C)C)cc1N. The Kier molecular flexibility index (Phi) is 6.87. The first kappa shape index (κ1) is 16.3. The molecule has 0 saturated heterocycles. The maximum absolute atomic E-state index is 11.8. The van der Waals surface area contributed by atoms with Gasteiger partial charge in [0.2, 0.25) is 0 Å². The van der Waals surface area contributed by atoms with Gasteiger partial charge in [0.1, 0.15) is 12.4 Å². The van der Waals surface area contributed by atoms with Crippen LogP contribution in [-0.4, -0.2) is 32.9 Å². The first-order valence-corrected chi connectivity index (χ1v) is 6.73. The van der Waals surface area contributed by atoms with Gasteiger partial charge in [-0.25, -0.2) is 4.79 Å². The molecule has 0 spiro atoms. The number of rotatable bonds is 8. The molecule has 0 aromatic heterocycles. The van der Waals surface area contributed by atoms with Gasteiger partial charge in [-0.2, -0.15) is 0 Å². The number of nitrogens with two attached hydrogens (primary N) is 1. The molecule has 0 radical (unpaired) electrons. The third-order valence-corrected chi connectivity index (χ3v) is 2.77. The van der Waals surface area contributed by atoms with E-state index in [0.717, 1.165) is 6.42 Å². The molecule has 0 aliphatic carbocycles. The number of carbonyl (C=O) groups excluding carboxylic acids is 1. The van der Waals surface area contributed by atoms with Gasteiger partial charge < -0.3 is 19.9 Å². The highest BCUT2D eigenvalue weighted by atomic mass is 16.6. The molecule has 5 heteroatoms. The van der Waals surface area contributed by atoms with Crippen molar-refractivity contribution in [1.29, 1.82) is 0 Å². The molecule has 5 nitrogen and oxygen atoms in total. The van der Waals surface area contributed by atoms with Gasteiger partial charge >= 0.3 is 5.97 Å². The summed E-state index contributed by atoms with van der Waals surface area (Å²) in [5.74, 6) is 0.741. The third-order valence-electron chi connectivity index (χ3n) is 2.77. The van der Waals surface area contributed by atoms with Crippen molar-refractivity contribution < 1.29 is 19.0 Å². The molecule has 0 unspecified atom stereocenters. The fraction of sp³-hybridized carbons (Fsp3) is 0.533. The van der Waals surface area contributed by atoms with Gasteiger partial charge in [-0.1, -0.05) is 13.8 Å². The van der Waals surface area contributed by atoms with Crippen LogP contribution in [0.2, 0.25) is 0 Å². The van der Waals surface area contributed by atoms with Crippen LogP contribution in [0.15, 0.2) is 18.2 Å². The van der Waals surface area contributed by atoms with E-state index in [2.05, 4.69) is 13.8 Å². The van der Waals surface area contributed by atoms with E-state index in [-0.39, 0.29) is 6.61 Å². The van der Waals surface area contributed by atoms with Crippen molar-refractivity contribution in [2.45, 2.75) is 20.3 Å². The zero-order chi connectivity index (χ0) is 15.0. The van der Waals surface area contributed by atoms with Crippen LogP contribution in [-0.2, 0) is 9.47 Å². The van der Waals surface area contributed by atoms with Gasteiger partial charge in [-0.05, 0) is 30.5 Å². The number of carbonyl (C=O) groups is 1. The van der Waals surface area contributed by atoms with E-state index < -0.39 is 5.97 Å². The Bertz CT molecular complexity index is 432. The van der Waals surface area contributed by atoms with Crippen LogP contribution in [0.4, 0.5) is 5.69 Å². The predicted octanol–water partition coefficient (Wildman–Crippen LogP) is 2.50. The van der Waals surface area contributed by atoms with E-state index in [1.54, 1.807) is 18.2 Å². The lowest BCUT2D eigenvalue weighted by Crippen LogP contribution is -2.12. The smallest absolute Gasteiger partial charge is 0.338 e. The van der Waals surface area contributed by atoms with Gasteiger partial charge in [0.15, 0.2) is 0 Å². The highest BCUT2D eigenvalue weighted by molar-refractivity contribution is 5.91. The van der Waals surface area contributed by atoms with Crippen molar-refractivity contribution in [2.75, 3.05) is 32.7 Å². The minimum absolute atomic E-state index is 0.239. The molecule has 0 saturated carbocycles. The van der Waals surface area contributed by atoms with Crippen molar-refractivity contribution in [3.63, 3.8) is 0 Å². The molecule has 0 aliphatic rings. The summed E-state index contributed by atoms with van der Waals surface area (Å²) in [7, 11) is 1.53. The molecule has 2 N–H and O–H groups in total. The predicted molar refractivity (Wildman–Crippen MR) is 78.0 cm³/mol. The molecule has 0 heterocycles. The first-order chi connectivity index (χ1) is 9.54. The quantitative estimate of drug-likeness (QED) is 0.450. The summed E-state index contributed by atoms with van der Waals surface area (Å²) in [6, 6.07) is 4.81. The van der Waals surface area contributed by atoms with Gasteiger partial charge in [0, 0.05) is 6.61 Å². The largest absolute Gasteiger partial charge is 0.495 e. The standard InChI is InChI=1S/C15H23NO4/c1-11(2)6-7-19-8-9-20-15(17)12-4-5-14(18-3)13(16)10-12/h4-5,10-11H,6-9,16H2,1-3H3. The first-order valence-electron chi connectivity index (χ1n) is 6.73. The van der Waals surface area contributed by atoms with Gasteiger partial charge in [-0.3, -0.25) is 0 Å². The normalized spacial score (nSPS) is 10.6. The lowest BCUT2D eigenvalue weighted by atomic mass is 10.1. The fourth-order valence-corrected chi connectivity index (χ4v) is 1.56. The highest BCUT2D eigenvalue weighted by Crippen LogP contribution is 2.22. The van der Waals surface area contributed by atoms with E-state index >= 15 is 0 Å². The summed E-state index contributed by atoms with van der Waals surface area (Å²) in [5, 5.41) is 0. The third kappa shape index (κ3) is 5.48. The molecule has 0 bridgehead atoms. The number of benzene rings is 1. The topological polar surface area (TPSA) is 70.8 Å². The maximum Gasteiger partial charge on any atom is 0.338 e. The molecular weight excluding hydrogens is 258 g/mol. The minimum Gasteiger partial charge on any atom is -0.495 e. The molecule has 0 aliphatic heterocycles. The summed E-state index contributed by atoms with van der Waals surface area (Å²) in [6.45, 7) is 5.60. The Hall–Kier alpha value is -1.75. The summed E-state index contributed by atoms with van der Waals surface area (Å²) in [5.41, 5.74) is 6.55. The lowest BCUT2D eigenvalue weighted by Gasteiger charge is -2.09. The van der Waals surface area contributed by atoms with Crippen LogP contribution in [0.25, 0.3) is 0 Å². The van der Waals surface area contributed by atoms with Crippen LogP contribution in [0.5, 0.6) is 5.75 Å². The maximum atomic E-state index is 11.8. The second kappa shape index (κ2) is 8.43. The lowest BCUT2D eigenvalue weighted by molar-refractivity contribution is 0.0303. The number of hydrogen-bond acceptors (Lipinski definition) is 5. The summed E-state index contributed by atoms with van der Waals surface area (Å²) >= 11 is 0. The average Bonchev–Trinajstić information content (AvgIpc) is 2.42. The highest BCUT2D eigenvalue weighted by Gasteiger charge is 2.09. The summed E-state index contributed by atoms with van der Waals surface area (Å²) < 4.78 is 15.5. The minimum atomic E-state index is -0.410. The average molecular weight is 281 g/mol. The second-order valence-corrected chi connectivity index (χ2v) is 4.89. The van der Waals surface area contributed by atoms with Gasteiger partial charge in [0.05, 0.1) is 25.0 Å². The number of nitrogen functional groups attached to an aromatic ring is 1. The molecular formula is C15H23NO4. The molecule has 1 aromatic carbocycles. The number of ether oxygens (including phenoxy) is 3. The number of anilines is 1. The van der Waals surface area contributed by atoms with Gasteiger partial charge in [0.25, 0.3) is 0 Å². The van der Waals surface area contributed by atoms with Crippen LogP contribution >= 0.6 is 0 Å². The van der Waals surface area contributed by atoms with Crippen molar-refractivity contribution in [3.8, 4) is 5.75 Å². The van der Waals surface area contributed by atoms with E-state index in [1.807, 2.05) is 0 Å². The van der Waals surface area contributed by atoms with Gasteiger partial charge in [-0.15, -0.1) is 0 Å². The van der Waals surface area contributed by atoms with Crippen molar-refractivity contribution >= 4 is 11.7 Å². The number of hydrogen-bond donors (Lipinski definition) is 1. The molecule has 112 valence electrons. The Morgan fingerprint density at radius 1 is 1.25 bits per heavy atom. The summed E-state index contributed by atoms with van der Waals surface area (Å²) in [4.78, 5) is 11.8. The number of esters is 1. The van der Waals surface area contributed by atoms with Crippen molar-refractivity contribution in [2.24, 2.45) is 5.92 Å². The van der Waals surface area contributed by atoms with E-state index in [9.17, 15) is 4.79 Å². The monoisotopic (exact) mass is 281 g/mol. The second-order valence-electron chi connectivity index (χ2n) is 4.89. The molecule has 1 aromatic rings. The van der Waals surface area contributed by atoms with Crippen molar-refractivity contribution in [3.05, 3.63) is 23.8 Å². The Balaban J connectivity index is 2.31. The molecule has 0 fully saturated rings. The van der Waals surface area contributed by atoms with Crippen molar-refractivity contribution in [1.82, 2.24) is 0 Å². The van der Waals surface area contributed by atoms with Crippen LogP contribution in [0, 0.1) is 5.92 Å². The van der Waals surface area contributed by atoms with E-state index in [0.29, 0.717) is 36.1 Å². The van der Waals surface area contributed by atoms with Crippen LogP contribution < -0.4 is 10.5 Å². The molecule has 1 rings (SSSR count). The molecule has 0 atom stereocenters. The van der Waals surface area contributed by atoms with E-state index in [4.69, 9.17) is 19.9 Å².